The molecule has 0 saturated carbocycles. The second kappa shape index (κ2) is 9.94. The number of carbonyl (C=O) groups is 1. The number of hydrogen-bond acceptors (Lipinski definition) is 3. The number of hydrogen-bond donors (Lipinski definition) is 2. The lowest BCUT2D eigenvalue weighted by Crippen LogP contribution is -2.27. The summed E-state index contributed by atoms with van der Waals surface area (Å²) in [5.41, 5.74) is 5.20. The smallest absolute Gasteiger partial charge is 0.230 e. The Kier molecular flexibility index (Phi) is 6.62. The van der Waals surface area contributed by atoms with Gasteiger partial charge in [-0.25, -0.2) is 4.98 Å². The molecule has 0 aliphatic rings. The van der Waals surface area contributed by atoms with Gasteiger partial charge in [-0.3, -0.25) is 4.79 Å². The Labute approximate surface area is 180 Å². The molecule has 1 heterocycles. The van der Waals surface area contributed by atoms with Crippen LogP contribution in [-0.4, -0.2) is 28.2 Å². The van der Waals surface area contributed by atoms with Gasteiger partial charge in [0.1, 0.15) is 0 Å². The number of aromatic nitrogens is 2. The number of benzene rings is 3. The molecular formula is C25H23N3OS. The third-order valence-corrected chi connectivity index (χ3v) is 5.58. The van der Waals surface area contributed by atoms with Crippen LogP contribution in [0, 0.1) is 0 Å². The predicted octanol–water partition coefficient (Wildman–Crippen LogP) is 5.19. The highest BCUT2D eigenvalue weighted by Crippen LogP contribution is 2.32. The van der Waals surface area contributed by atoms with E-state index in [1.807, 2.05) is 66.7 Å². The first kappa shape index (κ1) is 20.0. The van der Waals surface area contributed by atoms with E-state index in [1.165, 1.54) is 17.3 Å². The molecule has 30 heavy (non-hydrogen) atoms. The van der Waals surface area contributed by atoms with Gasteiger partial charge in [0.15, 0.2) is 5.16 Å². The third kappa shape index (κ3) is 5.19. The van der Waals surface area contributed by atoms with Crippen molar-refractivity contribution in [3.63, 3.8) is 0 Å². The van der Waals surface area contributed by atoms with Crippen LogP contribution in [0.1, 0.15) is 5.56 Å². The maximum Gasteiger partial charge on any atom is 0.230 e. The molecule has 0 bridgehead atoms. The normalized spacial score (nSPS) is 10.7. The van der Waals surface area contributed by atoms with Gasteiger partial charge >= 0.3 is 0 Å². The van der Waals surface area contributed by atoms with Crippen molar-refractivity contribution < 1.29 is 4.79 Å². The molecule has 5 heteroatoms. The minimum absolute atomic E-state index is 0.00912. The van der Waals surface area contributed by atoms with Gasteiger partial charge in [-0.1, -0.05) is 103 Å². The summed E-state index contributed by atoms with van der Waals surface area (Å²) in [5.74, 6) is 0.333. The molecule has 0 spiro atoms. The quantitative estimate of drug-likeness (QED) is 0.391. The van der Waals surface area contributed by atoms with Crippen molar-refractivity contribution in [1.82, 2.24) is 15.3 Å². The number of amides is 1. The number of rotatable bonds is 8. The van der Waals surface area contributed by atoms with Crippen molar-refractivity contribution in [3.8, 4) is 22.5 Å². The summed E-state index contributed by atoms with van der Waals surface area (Å²) < 4.78 is 0. The van der Waals surface area contributed by atoms with Gasteiger partial charge in [-0.05, 0) is 12.0 Å². The van der Waals surface area contributed by atoms with Gasteiger partial charge in [0, 0.05) is 17.7 Å². The predicted molar refractivity (Wildman–Crippen MR) is 123 cm³/mol. The van der Waals surface area contributed by atoms with Crippen LogP contribution in [0.5, 0.6) is 0 Å². The van der Waals surface area contributed by atoms with E-state index in [2.05, 4.69) is 34.6 Å². The molecule has 0 saturated heterocycles. The Bertz CT molecular complexity index is 1020. The first-order valence-corrected chi connectivity index (χ1v) is 10.9. The molecule has 3 aromatic carbocycles. The van der Waals surface area contributed by atoms with Crippen molar-refractivity contribution in [2.24, 2.45) is 0 Å². The fourth-order valence-corrected chi connectivity index (χ4v) is 3.91. The molecular weight excluding hydrogens is 390 g/mol. The van der Waals surface area contributed by atoms with Crippen LogP contribution in [0.4, 0.5) is 0 Å². The highest BCUT2D eigenvalue weighted by atomic mass is 32.2. The van der Waals surface area contributed by atoms with Crippen LogP contribution >= 0.6 is 11.8 Å². The van der Waals surface area contributed by atoms with Crippen LogP contribution in [-0.2, 0) is 11.2 Å². The maximum absolute atomic E-state index is 12.3. The highest BCUT2D eigenvalue weighted by molar-refractivity contribution is 7.99. The Morgan fingerprint density at radius 2 is 1.43 bits per heavy atom. The highest BCUT2D eigenvalue weighted by Gasteiger charge is 2.15. The Morgan fingerprint density at radius 3 is 2.10 bits per heavy atom. The first-order valence-electron chi connectivity index (χ1n) is 9.94. The summed E-state index contributed by atoms with van der Waals surface area (Å²) in [6, 6.07) is 30.4. The van der Waals surface area contributed by atoms with E-state index in [9.17, 15) is 4.79 Å². The van der Waals surface area contributed by atoms with Crippen LogP contribution in [0.3, 0.4) is 0 Å². The van der Waals surface area contributed by atoms with Crippen molar-refractivity contribution in [1.29, 1.82) is 0 Å². The average Bonchev–Trinajstić information content (AvgIpc) is 3.24. The van der Waals surface area contributed by atoms with Gasteiger partial charge in [-0.15, -0.1) is 0 Å². The lowest BCUT2D eigenvalue weighted by atomic mass is 10.1. The molecule has 0 atom stereocenters. The van der Waals surface area contributed by atoms with Gasteiger partial charge in [-0.2, -0.15) is 0 Å². The minimum atomic E-state index is 0.00912. The molecule has 0 aliphatic heterocycles. The third-order valence-electron chi connectivity index (χ3n) is 4.71. The molecule has 4 nitrogen and oxygen atoms in total. The number of imidazole rings is 1. The molecule has 1 amide bonds. The minimum Gasteiger partial charge on any atom is -0.355 e. The SMILES string of the molecule is O=C(CSc1nc(-c2ccccc2)c(-c2ccccc2)[nH]1)NCCc1ccccc1. The average molecular weight is 414 g/mol. The molecule has 4 rings (SSSR count). The Hall–Kier alpha value is -3.31. The van der Waals surface area contributed by atoms with E-state index >= 15 is 0 Å². The van der Waals surface area contributed by atoms with Crippen LogP contribution in [0.25, 0.3) is 22.5 Å². The monoisotopic (exact) mass is 413 g/mol. The molecule has 0 aliphatic carbocycles. The van der Waals surface area contributed by atoms with Crippen molar-refractivity contribution in [2.45, 2.75) is 11.6 Å². The van der Waals surface area contributed by atoms with Crippen molar-refractivity contribution in [2.75, 3.05) is 12.3 Å². The maximum atomic E-state index is 12.3. The van der Waals surface area contributed by atoms with Gasteiger partial charge < -0.3 is 10.3 Å². The lowest BCUT2D eigenvalue weighted by molar-refractivity contribution is -0.118. The molecule has 1 aromatic heterocycles. The second-order valence-electron chi connectivity index (χ2n) is 6.87. The van der Waals surface area contributed by atoms with Crippen LogP contribution in [0.15, 0.2) is 96.2 Å². The van der Waals surface area contributed by atoms with E-state index in [1.54, 1.807) is 0 Å². The van der Waals surface area contributed by atoms with E-state index in [0.717, 1.165) is 34.1 Å². The first-order chi connectivity index (χ1) is 14.8. The lowest BCUT2D eigenvalue weighted by Gasteiger charge is -2.04. The largest absolute Gasteiger partial charge is 0.355 e. The summed E-state index contributed by atoms with van der Waals surface area (Å²) >= 11 is 1.42. The van der Waals surface area contributed by atoms with E-state index in [4.69, 9.17) is 4.98 Å². The Morgan fingerprint density at radius 1 is 0.833 bits per heavy atom. The fraction of sp³-hybridized carbons (Fsp3) is 0.120. The van der Waals surface area contributed by atoms with Gasteiger partial charge in [0.25, 0.3) is 0 Å². The fourth-order valence-electron chi connectivity index (χ4n) is 3.21. The molecule has 2 N–H and O–H groups in total. The molecule has 4 aromatic rings. The summed E-state index contributed by atoms with van der Waals surface area (Å²) in [6.45, 7) is 0.631. The zero-order valence-electron chi connectivity index (χ0n) is 16.5. The number of nitrogens with zero attached hydrogens (tertiary/aromatic N) is 1. The van der Waals surface area contributed by atoms with E-state index in [0.29, 0.717) is 12.3 Å². The second-order valence-corrected chi connectivity index (χ2v) is 7.84. The zero-order valence-corrected chi connectivity index (χ0v) is 17.4. The van der Waals surface area contributed by atoms with Gasteiger partial charge in [0.2, 0.25) is 5.91 Å². The number of carbonyl (C=O) groups excluding carboxylic acids is 1. The standard InChI is InChI=1S/C25H23N3OS/c29-22(26-17-16-19-10-4-1-5-11-19)18-30-25-27-23(20-12-6-2-7-13-20)24(28-25)21-14-8-3-9-15-21/h1-15H,16-18H2,(H,26,29)(H,27,28). The topological polar surface area (TPSA) is 57.8 Å². The number of nitrogens with one attached hydrogen (secondary N) is 2. The summed E-state index contributed by atoms with van der Waals surface area (Å²) in [6.07, 6.45) is 0.828. The number of H-pyrrole nitrogens is 1. The number of thioether (sulfide) groups is 1. The van der Waals surface area contributed by atoms with Crippen LogP contribution < -0.4 is 5.32 Å². The van der Waals surface area contributed by atoms with Gasteiger partial charge in [0.05, 0.1) is 17.1 Å². The summed E-state index contributed by atoms with van der Waals surface area (Å²) in [7, 11) is 0. The van der Waals surface area contributed by atoms with E-state index < -0.39 is 0 Å². The molecule has 0 fully saturated rings. The molecule has 0 unspecified atom stereocenters. The van der Waals surface area contributed by atoms with Crippen LogP contribution in [0.2, 0.25) is 0 Å². The van der Waals surface area contributed by atoms with E-state index in [-0.39, 0.29) is 5.91 Å². The summed E-state index contributed by atoms with van der Waals surface area (Å²) in [5, 5.41) is 3.73. The Balaban J connectivity index is 1.42. The molecule has 0 radical (unpaired) electrons. The zero-order chi connectivity index (χ0) is 20.6. The number of aromatic amines is 1. The summed E-state index contributed by atoms with van der Waals surface area (Å²) in [4.78, 5) is 20.5. The molecule has 150 valence electrons. The van der Waals surface area contributed by atoms with Crippen molar-refractivity contribution >= 4 is 17.7 Å². The van der Waals surface area contributed by atoms with Crippen molar-refractivity contribution in [3.05, 3.63) is 96.6 Å².